The molecule has 3 heterocycles. The molecule has 0 radical (unpaired) electrons. The largest absolute Gasteiger partial charge is 0.378 e. The van der Waals surface area contributed by atoms with Gasteiger partial charge in [0.15, 0.2) is 0 Å². The number of hydrogen-bond acceptors (Lipinski definition) is 6. The van der Waals surface area contributed by atoms with Crippen LogP contribution in [0.2, 0.25) is 0 Å². The first-order valence-corrected chi connectivity index (χ1v) is 12.2. The Balaban J connectivity index is 1.22. The zero-order valence-corrected chi connectivity index (χ0v) is 18.9. The Kier molecular flexibility index (Phi) is 5.96. The monoisotopic (exact) mass is 446 g/mol. The summed E-state index contributed by atoms with van der Waals surface area (Å²) < 4.78 is 5.34. The minimum Gasteiger partial charge on any atom is -0.378 e. The van der Waals surface area contributed by atoms with Crippen LogP contribution in [0.4, 0.5) is 4.79 Å². The minimum absolute atomic E-state index is 0.0796. The summed E-state index contributed by atoms with van der Waals surface area (Å²) in [4.78, 5) is 57.7. The Morgan fingerprint density at radius 1 is 1.03 bits per heavy atom. The summed E-state index contributed by atoms with van der Waals surface area (Å²) in [6.45, 7) is 5.58. The lowest BCUT2D eigenvalue weighted by atomic mass is 9.83. The van der Waals surface area contributed by atoms with Crippen molar-refractivity contribution in [3.8, 4) is 0 Å². The summed E-state index contributed by atoms with van der Waals surface area (Å²) in [5, 5.41) is 0. The van der Waals surface area contributed by atoms with Crippen LogP contribution >= 0.6 is 0 Å². The van der Waals surface area contributed by atoms with Gasteiger partial charge in [-0.3, -0.25) is 24.2 Å². The number of nitrogens with zero attached hydrogens (tertiary/aromatic N) is 4. The normalized spacial score (nSPS) is 34.7. The van der Waals surface area contributed by atoms with E-state index in [4.69, 9.17) is 4.74 Å². The maximum Gasteiger partial charge on any atom is 0.335 e. The number of morpholine rings is 1. The summed E-state index contributed by atoms with van der Waals surface area (Å²) >= 11 is 0. The molecule has 0 aromatic carbocycles. The fourth-order valence-corrected chi connectivity index (χ4v) is 6.71. The lowest BCUT2D eigenvalue weighted by molar-refractivity contribution is -0.145. The predicted molar refractivity (Wildman–Crippen MR) is 114 cm³/mol. The molecule has 176 valence electrons. The number of ether oxygens (including phenoxy) is 1. The fourth-order valence-electron chi connectivity index (χ4n) is 6.71. The molecule has 5 atom stereocenters. The second-order valence-corrected chi connectivity index (χ2v) is 10.3. The molecule has 9 heteroatoms. The summed E-state index contributed by atoms with van der Waals surface area (Å²) in [7, 11) is 0. The molecule has 2 saturated carbocycles. The molecule has 2 bridgehead atoms. The Morgan fingerprint density at radius 3 is 2.50 bits per heavy atom. The Morgan fingerprint density at radius 2 is 1.81 bits per heavy atom. The average Bonchev–Trinajstić information content (AvgIpc) is 3.50. The fraction of sp³-hybridized carbons (Fsp3) is 0.826. The zero-order chi connectivity index (χ0) is 22.4. The van der Waals surface area contributed by atoms with E-state index in [0.717, 1.165) is 24.2 Å². The van der Waals surface area contributed by atoms with Gasteiger partial charge in [0, 0.05) is 25.7 Å². The highest BCUT2D eigenvalue weighted by molar-refractivity contribution is 6.44. The molecule has 5 fully saturated rings. The van der Waals surface area contributed by atoms with Gasteiger partial charge < -0.3 is 9.64 Å². The number of carbonyl (C=O) groups excluding carboxylic acids is 4. The molecule has 5 rings (SSSR count). The van der Waals surface area contributed by atoms with E-state index in [-0.39, 0.29) is 24.5 Å². The predicted octanol–water partition coefficient (Wildman–Crippen LogP) is 1.13. The number of rotatable bonds is 5. The molecule has 5 amide bonds. The smallest absolute Gasteiger partial charge is 0.335 e. The third-order valence-corrected chi connectivity index (χ3v) is 8.42. The van der Waals surface area contributed by atoms with Crippen molar-refractivity contribution in [3.05, 3.63) is 0 Å². The maximum absolute atomic E-state index is 13.2. The second kappa shape index (κ2) is 8.74. The van der Waals surface area contributed by atoms with Gasteiger partial charge in [0.2, 0.25) is 5.91 Å². The van der Waals surface area contributed by atoms with Gasteiger partial charge in [0.05, 0.1) is 25.8 Å². The molecule has 2 aliphatic carbocycles. The molecule has 32 heavy (non-hydrogen) atoms. The summed E-state index contributed by atoms with van der Waals surface area (Å²) in [6.07, 6.45) is 6.29. The molecule has 9 nitrogen and oxygen atoms in total. The molecule has 0 unspecified atom stereocenters. The van der Waals surface area contributed by atoms with Gasteiger partial charge in [-0.25, -0.2) is 9.69 Å². The van der Waals surface area contributed by atoms with E-state index in [9.17, 15) is 19.2 Å². The lowest BCUT2D eigenvalue weighted by Crippen LogP contribution is -2.51. The summed E-state index contributed by atoms with van der Waals surface area (Å²) in [5.41, 5.74) is 0. The van der Waals surface area contributed by atoms with Gasteiger partial charge in [0.1, 0.15) is 0 Å². The third kappa shape index (κ3) is 3.83. The van der Waals surface area contributed by atoms with Gasteiger partial charge in [-0.1, -0.05) is 6.42 Å². The van der Waals surface area contributed by atoms with E-state index in [1.165, 1.54) is 24.2 Å². The van der Waals surface area contributed by atoms with E-state index in [1.54, 1.807) is 0 Å². The van der Waals surface area contributed by atoms with E-state index in [0.29, 0.717) is 57.1 Å². The highest BCUT2D eigenvalue weighted by atomic mass is 16.5. The Labute approximate surface area is 189 Å². The minimum atomic E-state index is -0.730. The third-order valence-electron chi connectivity index (χ3n) is 8.42. The topological polar surface area (TPSA) is 90.5 Å². The van der Waals surface area contributed by atoms with E-state index >= 15 is 0 Å². The lowest BCUT2D eigenvalue weighted by Gasteiger charge is -2.37. The van der Waals surface area contributed by atoms with E-state index in [1.807, 2.05) is 16.7 Å². The van der Waals surface area contributed by atoms with E-state index in [2.05, 4.69) is 0 Å². The molecule has 5 aliphatic rings. The SMILES string of the molecule is C[C@H]([C@@H]1C[C@H]2CC[C@H]1C2)N1C(=O)C(=O)N(CN2CCC[C@@H](C(=O)N3CCOCC3)C2)C1=O. The van der Waals surface area contributed by atoms with Crippen molar-refractivity contribution in [1.82, 2.24) is 19.6 Å². The molecule has 0 N–H and O–H groups in total. The molecule has 0 spiro atoms. The number of amides is 5. The number of carbonyl (C=O) groups is 4. The van der Waals surface area contributed by atoms with E-state index < -0.39 is 17.8 Å². The van der Waals surface area contributed by atoms with Crippen molar-refractivity contribution >= 4 is 23.8 Å². The first kappa shape index (κ1) is 21.8. The van der Waals surface area contributed by atoms with Crippen molar-refractivity contribution in [3.63, 3.8) is 0 Å². The summed E-state index contributed by atoms with van der Waals surface area (Å²) in [6, 6.07) is -0.729. The number of urea groups is 1. The van der Waals surface area contributed by atoms with Crippen molar-refractivity contribution in [2.45, 2.75) is 51.5 Å². The number of likely N-dealkylation sites (tertiary alicyclic amines) is 1. The number of imide groups is 2. The van der Waals surface area contributed by atoms with Crippen molar-refractivity contribution < 1.29 is 23.9 Å². The molecule has 0 aromatic heterocycles. The first-order valence-electron chi connectivity index (χ1n) is 12.2. The molecule has 3 saturated heterocycles. The van der Waals surface area contributed by atoms with Crippen LogP contribution in [-0.4, -0.2) is 95.5 Å². The van der Waals surface area contributed by atoms with Crippen LogP contribution in [-0.2, 0) is 19.1 Å². The van der Waals surface area contributed by atoms with Gasteiger partial charge in [-0.15, -0.1) is 0 Å². The van der Waals surface area contributed by atoms with Crippen LogP contribution in [0.5, 0.6) is 0 Å². The average molecular weight is 447 g/mol. The van der Waals surface area contributed by atoms with Crippen molar-refractivity contribution in [1.29, 1.82) is 0 Å². The van der Waals surface area contributed by atoms with Crippen LogP contribution in [0.15, 0.2) is 0 Å². The van der Waals surface area contributed by atoms with Crippen LogP contribution < -0.4 is 0 Å². The maximum atomic E-state index is 13.2. The van der Waals surface area contributed by atoms with Gasteiger partial charge in [-0.05, 0) is 63.3 Å². The van der Waals surface area contributed by atoms with Gasteiger partial charge in [0.25, 0.3) is 0 Å². The Bertz CT molecular complexity index is 797. The van der Waals surface area contributed by atoms with Gasteiger partial charge in [-0.2, -0.15) is 0 Å². The van der Waals surface area contributed by atoms with Crippen LogP contribution in [0.25, 0.3) is 0 Å². The van der Waals surface area contributed by atoms with Crippen LogP contribution in [0.3, 0.4) is 0 Å². The van der Waals surface area contributed by atoms with Gasteiger partial charge >= 0.3 is 17.8 Å². The second-order valence-electron chi connectivity index (χ2n) is 10.3. The van der Waals surface area contributed by atoms with Crippen molar-refractivity contribution in [2.75, 3.05) is 46.1 Å². The molecular formula is C23H34N4O5. The number of piperidine rings is 1. The zero-order valence-electron chi connectivity index (χ0n) is 18.9. The number of fused-ring (bicyclic) bond motifs is 2. The summed E-state index contributed by atoms with van der Waals surface area (Å²) in [5.74, 6) is 0.138. The standard InChI is InChI=1S/C23H34N4O5/c1-15(19-12-16-4-5-17(19)11-16)27-22(30)21(29)26(23(27)31)14-24-6-2-3-18(13-24)20(28)25-7-9-32-10-8-25/h15-19H,2-14H2,1H3/t15-,16+,17+,18-,19+/m1/s1. The van der Waals surface area contributed by atoms with Crippen LogP contribution in [0, 0.1) is 23.7 Å². The quantitative estimate of drug-likeness (QED) is 0.465. The van der Waals surface area contributed by atoms with Crippen LogP contribution in [0.1, 0.15) is 45.4 Å². The number of hydrogen-bond donors (Lipinski definition) is 0. The van der Waals surface area contributed by atoms with Crippen molar-refractivity contribution in [2.24, 2.45) is 23.7 Å². The highest BCUT2D eigenvalue weighted by Gasteiger charge is 2.52. The molecule has 3 aliphatic heterocycles. The Hall–Kier alpha value is -2.00. The molecular weight excluding hydrogens is 412 g/mol. The molecule has 0 aromatic rings. The highest BCUT2D eigenvalue weighted by Crippen LogP contribution is 2.50. The first-order chi connectivity index (χ1) is 15.4.